The van der Waals surface area contributed by atoms with E-state index in [0.717, 1.165) is 16.7 Å². The first-order valence-corrected chi connectivity index (χ1v) is 5.77. The molecule has 0 aromatic heterocycles. The smallest absolute Gasteiger partial charge is 0.123 e. The summed E-state index contributed by atoms with van der Waals surface area (Å²) in [6.45, 7) is 0.625. The highest BCUT2D eigenvalue weighted by atomic mass is 35.5. The highest BCUT2D eigenvalue weighted by Gasteiger charge is 2.06. The predicted octanol–water partition coefficient (Wildman–Crippen LogP) is 3.87. The molecule has 2 rings (SSSR count). The molecule has 0 bridgehead atoms. The van der Waals surface area contributed by atoms with E-state index in [1.807, 2.05) is 31.3 Å². The third-order valence-corrected chi connectivity index (χ3v) is 2.81. The SMILES string of the molecule is CNCc1cc(F)ccc1-c1cccc(Cl)c1. The molecule has 1 N–H and O–H groups in total. The van der Waals surface area contributed by atoms with E-state index in [4.69, 9.17) is 11.6 Å². The molecule has 2 aromatic rings. The maximum Gasteiger partial charge on any atom is 0.123 e. The molecule has 0 aliphatic carbocycles. The van der Waals surface area contributed by atoms with E-state index in [9.17, 15) is 4.39 Å². The summed E-state index contributed by atoms with van der Waals surface area (Å²) >= 11 is 5.97. The maximum atomic E-state index is 13.2. The van der Waals surface area contributed by atoms with Gasteiger partial charge in [0.25, 0.3) is 0 Å². The summed E-state index contributed by atoms with van der Waals surface area (Å²) in [6, 6.07) is 12.4. The summed E-state index contributed by atoms with van der Waals surface area (Å²) < 4.78 is 13.2. The van der Waals surface area contributed by atoms with Gasteiger partial charge in [0.1, 0.15) is 5.82 Å². The van der Waals surface area contributed by atoms with Crippen molar-refractivity contribution < 1.29 is 4.39 Å². The van der Waals surface area contributed by atoms with Crippen molar-refractivity contribution >= 4 is 11.6 Å². The number of hydrogen-bond acceptors (Lipinski definition) is 1. The summed E-state index contributed by atoms with van der Waals surface area (Å²) in [6.07, 6.45) is 0. The monoisotopic (exact) mass is 249 g/mol. The number of benzene rings is 2. The topological polar surface area (TPSA) is 12.0 Å². The van der Waals surface area contributed by atoms with Gasteiger partial charge in [0.2, 0.25) is 0 Å². The molecule has 0 unspecified atom stereocenters. The fourth-order valence-corrected chi connectivity index (χ4v) is 2.03. The second-order valence-corrected chi connectivity index (χ2v) is 4.28. The number of rotatable bonds is 3. The summed E-state index contributed by atoms with van der Waals surface area (Å²) in [5.41, 5.74) is 2.93. The molecule has 3 heteroatoms. The van der Waals surface area contributed by atoms with Gasteiger partial charge in [-0.05, 0) is 48.0 Å². The Labute approximate surface area is 105 Å². The van der Waals surface area contributed by atoms with Crippen LogP contribution in [0.4, 0.5) is 4.39 Å². The van der Waals surface area contributed by atoms with Gasteiger partial charge in [-0.15, -0.1) is 0 Å². The van der Waals surface area contributed by atoms with Crippen molar-refractivity contribution in [2.24, 2.45) is 0 Å². The average molecular weight is 250 g/mol. The predicted molar refractivity (Wildman–Crippen MR) is 69.6 cm³/mol. The molecule has 0 aliphatic rings. The molecule has 0 spiro atoms. The van der Waals surface area contributed by atoms with E-state index in [2.05, 4.69) is 5.32 Å². The van der Waals surface area contributed by atoms with Gasteiger partial charge in [-0.25, -0.2) is 4.39 Å². The first-order valence-electron chi connectivity index (χ1n) is 5.39. The highest BCUT2D eigenvalue weighted by molar-refractivity contribution is 6.30. The van der Waals surface area contributed by atoms with Crippen molar-refractivity contribution in [1.29, 1.82) is 0 Å². The normalized spacial score (nSPS) is 10.5. The van der Waals surface area contributed by atoms with Crippen molar-refractivity contribution in [1.82, 2.24) is 5.32 Å². The van der Waals surface area contributed by atoms with Crippen LogP contribution in [0.3, 0.4) is 0 Å². The molecule has 0 radical (unpaired) electrons. The number of hydrogen-bond donors (Lipinski definition) is 1. The van der Waals surface area contributed by atoms with Crippen LogP contribution in [0.25, 0.3) is 11.1 Å². The van der Waals surface area contributed by atoms with Gasteiger partial charge in [-0.3, -0.25) is 0 Å². The largest absolute Gasteiger partial charge is 0.316 e. The highest BCUT2D eigenvalue weighted by Crippen LogP contribution is 2.26. The zero-order valence-corrected chi connectivity index (χ0v) is 10.3. The minimum absolute atomic E-state index is 0.221. The second-order valence-electron chi connectivity index (χ2n) is 3.84. The van der Waals surface area contributed by atoms with Crippen molar-refractivity contribution in [3.05, 3.63) is 58.9 Å². The van der Waals surface area contributed by atoms with E-state index in [0.29, 0.717) is 11.6 Å². The van der Waals surface area contributed by atoms with Crippen LogP contribution in [-0.4, -0.2) is 7.05 Å². The molecule has 0 aliphatic heterocycles. The van der Waals surface area contributed by atoms with E-state index in [1.54, 1.807) is 12.1 Å². The van der Waals surface area contributed by atoms with E-state index in [-0.39, 0.29) is 5.82 Å². The Balaban J connectivity index is 2.50. The standard InChI is InChI=1S/C14H13ClFN/c1-17-9-11-8-13(16)5-6-14(11)10-3-2-4-12(15)7-10/h2-8,17H,9H2,1H3. The van der Waals surface area contributed by atoms with Gasteiger partial charge < -0.3 is 5.32 Å². The van der Waals surface area contributed by atoms with Crippen LogP contribution >= 0.6 is 11.6 Å². The van der Waals surface area contributed by atoms with Crippen molar-refractivity contribution in [3.8, 4) is 11.1 Å². The van der Waals surface area contributed by atoms with E-state index in [1.165, 1.54) is 6.07 Å². The Morgan fingerprint density at radius 3 is 2.71 bits per heavy atom. The Bertz CT molecular complexity index is 525. The van der Waals surface area contributed by atoms with Crippen LogP contribution in [0.15, 0.2) is 42.5 Å². The van der Waals surface area contributed by atoms with Gasteiger partial charge in [0.15, 0.2) is 0 Å². The lowest BCUT2D eigenvalue weighted by Crippen LogP contribution is -2.06. The molecule has 0 heterocycles. The zero-order chi connectivity index (χ0) is 12.3. The minimum Gasteiger partial charge on any atom is -0.316 e. The Morgan fingerprint density at radius 1 is 1.18 bits per heavy atom. The summed E-state index contributed by atoms with van der Waals surface area (Å²) in [5.74, 6) is -0.221. The Kier molecular flexibility index (Phi) is 3.77. The third-order valence-electron chi connectivity index (χ3n) is 2.57. The Morgan fingerprint density at radius 2 is 2.00 bits per heavy atom. The van der Waals surface area contributed by atoms with Crippen LogP contribution in [0.5, 0.6) is 0 Å². The minimum atomic E-state index is -0.221. The lowest BCUT2D eigenvalue weighted by atomic mass is 9.99. The van der Waals surface area contributed by atoms with E-state index < -0.39 is 0 Å². The fourth-order valence-electron chi connectivity index (χ4n) is 1.84. The number of nitrogens with one attached hydrogen (secondary N) is 1. The molecule has 17 heavy (non-hydrogen) atoms. The Hall–Kier alpha value is -1.38. The number of halogens is 2. The molecular weight excluding hydrogens is 237 g/mol. The molecule has 0 saturated heterocycles. The molecule has 0 fully saturated rings. The molecule has 0 saturated carbocycles. The van der Waals surface area contributed by atoms with Gasteiger partial charge >= 0.3 is 0 Å². The van der Waals surface area contributed by atoms with Crippen molar-refractivity contribution in [3.63, 3.8) is 0 Å². The summed E-state index contributed by atoms with van der Waals surface area (Å²) in [5, 5.41) is 3.72. The lowest BCUT2D eigenvalue weighted by Gasteiger charge is -2.10. The molecule has 0 amide bonds. The van der Waals surface area contributed by atoms with Crippen molar-refractivity contribution in [2.45, 2.75) is 6.54 Å². The van der Waals surface area contributed by atoms with E-state index >= 15 is 0 Å². The second kappa shape index (κ2) is 5.30. The van der Waals surface area contributed by atoms with Gasteiger partial charge in [0, 0.05) is 11.6 Å². The van der Waals surface area contributed by atoms with Gasteiger partial charge in [0.05, 0.1) is 0 Å². The molecule has 88 valence electrons. The van der Waals surface area contributed by atoms with Crippen LogP contribution in [0.1, 0.15) is 5.56 Å². The van der Waals surface area contributed by atoms with Crippen LogP contribution in [0.2, 0.25) is 5.02 Å². The van der Waals surface area contributed by atoms with Crippen LogP contribution in [0, 0.1) is 5.82 Å². The summed E-state index contributed by atoms with van der Waals surface area (Å²) in [4.78, 5) is 0. The molecular formula is C14H13ClFN. The first-order chi connectivity index (χ1) is 8.20. The average Bonchev–Trinajstić information content (AvgIpc) is 2.29. The zero-order valence-electron chi connectivity index (χ0n) is 9.50. The van der Waals surface area contributed by atoms with Gasteiger partial charge in [-0.2, -0.15) is 0 Å². The van der Waals surface area contributed by atoms with Gasteiger partial charge in [-0.1, -0.05) is 29.8 Å². The molecule has 2 aromatic carbocycles. The lowest BCUT2D eigenvalue weighted by molar-refractivity contribution is 0.624. The molecule has 0 atom stereocenters. The molecule has 1 nitrogen and oxygen atoms in total. The first kappa shape index (κ1) is 12.1. The van der Waals surface area contributed by atoms with Crippen LogP contribution < -0.4 is 5.32 Å². The van der Waals surface area contributed by atoms with Crippen LogP contribution in [-0.2, 0) is 6.54 Å². The summed E-state index contributed by atoms with van der Waals surface area (Å²) in [7, 11) is 1.84. The fraction of sp³-hybridized carbons (Fsp3) is 0.143. The quantitative estimate of drug-likeness (QED) is 0.871. The third kappa shape index (κ3) is 2.84. The van der Waals surface area contributed by atoms with Crippen molar-refractivity contribution in [2.75, 3.05) is 7.05 Å². The maximum absolute atomic E-state index is 13.2.